The summed E-state index contributed by atoms with van der Waals surface area (Å²) in [6.45, 7) is 0. The van der Waals surface area contributed by atoms with Crippen LogP contribution in [0.25, 0.3) is 0 Å². The van der Waals surface area contributed by atoms with Crippen molar-refractivity contribution >= 4 is 82.7 Å². The average molecular weight is 777 g/mol. The van der Waals surface area contributed by atoms with Gasteiger partial charge in [-0.2, -0.15) is 0 Å². The van der Waals surface area contributed by atoms with Crippen LogP contribution in [0.4, 0.5) is 0 Å². The van der Waals surface area contributed by atoms with Crippen LogP contribution >= 0.6 is 50.7 Å². The molecule has 2 aliphatic carbocycles. The van der Waals surface area contributed by atoms with Gasteiger partial charge in [0, 0.05) is 52.2 Å². The molecule has 44 heavy (non-hydrogen) atoms. The molecule has 2 saturated carbocycles. The molecule has 2 fully saturated rings. The van der Waals surface area contributed by atoms with Crippen molar-refractivity contribution in [3.8, 4) is 5.75 Å². The Hall–Kier alpha value is -0.970. The zero-order chi connectivity index (χ0) is 31.3. The second-order valence-corrected chi connectivity index (χ2v) is 15.2. The molecule has 1 unspecified atom stereocenters. The summed E-state index contributed by atoms with van der Waals surface area (Å²) in [6.07, 6.45) is 14.0. The van der Waals surface area contributed by atoms with Gasteiger partial charge in [-0.05, 0) is 66.6 Å². The van der Waals surface area contributed by atoms with Gasteiger partial charge in [-0.3, -0.25) is 9.59 Å². The molecule has 0 spiro atoms. The van der Waals surface area contributed by atoms with Crippen molar-refractivity contribution in [1.82, 2.24) is 0 Å². The van der Waals surface area contributed by atoms with Gasteiger partial charge >= 0.3 is 0 Å². The molecule has 0 aliphatic heterocycles. The summed E-state index contributed by atoms with van der Waals surface area (Å²) in [5.74, 6) is 1.07. The molecule has 0 N–H and O–H groups in total. The molecule has 1 atom stereocenters. The maximum Gasteiger partial charge on any atom is 0.224 e. The first kappa shape index (κ1) is 43.0. The molecule has 4 rings (SSSR count). The van der Waals surface area contributed by atoms with Crippen molar-refractivity contribution in [3.63, 3.8) is 0 Å². The molecular weight excluding hydrogens is 731 g/mol. The second kappa shape index (κ2) is 21.8. The summed E-state index contributed by atoms with van der Waals surface area (Å²) in [6, 6.07) is 9.83. The van der Waals surface area contributed by atoms with Gasteiger partial charge in [-0.1, -0.05) is 105 Å². The number of sulfone groups is 1. The smallest absolute Gasteiger partial charge is 0.224 e. The summed E-state index contributed by atoms with van der Waals surface area (Å²) in [5.41, 5.74) is 1.70. The fraction of sp³-hybridized carbons (Fsp3) is 0.562. The molecule has 0 amide bonds. The quantitative estimate of drug-likeness (QED) is 0.196. The Kier molecular flexibility index (Phi) is 21.3. The summed E-state index contributed by atoms with van der Waals surface area (Å²) in [4.78, 5) is 23.0. The second-order valence-electron chi connectivity index (χ2n) is 10.5. The van der Waals surface area contributed by atoms with E-state index in [1.165, 1.54) is 44.1 Å². The largest absolute Gasteiger partial charge is 0.401 e. The monoisotopic (exact) mass is 774 g/mol. The van der Waals surface area contributed by atoms with Gasteiger partial charge in [0.25, 0.3) is 0 Å². The predicted molar refractivity (Wildman–Crippen MR) is 190 cm³/mol. The number of benzene rings is 2. The highest BCUT2D eigenvalue weighted by Crippen LogP contribution is 2.28. The van der Waals surface area contributed by atoms with E-state index < -0.39 is 20.9 Å². The molecule has 0 radical (unpaired) electrons. The fourth-order valence-corrected chi connectivity index (χ4v) is 7.25. The van der Waals surface area contributed by atoms with Crippen LogP contribution in [0, 0.1) is 11.8 Å². The maximum absolute atomic E-state index is 12.2. The van der Waals surface area contributed by atoms with Crippen LogP contribution in [0.1, 0.15) is 90.2 Å². The fourth-order valence-electron chi connectivity index (χ4n) is 4.81. The van der Waals surface area contributed by atoms with Gasteiger partial charge in [0.05, 0.1) is 4.90 Å². The van der Waals surface area contributed by atoms with Crippen LogP contribution in [0.5, 0.6) is 5.75 Å². The van der Waals surface area contributed by atoms with E-state index in [2.05, 4.69) is 15.9 Å². The Balaban J connectivity index is 0.000000667. The number of alkyl halides is 1. The normalized spacial score (nSPS) is 16.0. The Morgan fingerprint density at radius 1 is 0.864 bits per heavy atom. The van der Waals surface area contributed by atoms with E-state index in [1.807, 2.05) is 6.07 Å². The lowest BCUT2D eigenvalue weighted by Gasteiger charge is -2.20. The lowest BCUT2D eigenvalue weighted by molar-refractivity contribution is -0.123. The lowest BCUT2D eigenvalue weighted by atomic mass is 9.84. The first-order chi connectivity index (χ1) is 19.8. The van der Waals surface area contributed by atoms with Crippen LogP contribution < -0.4 is 4.18 Å². The van der Waals surface area contributed by atoms with Crippen molar-refractivity contribution in [2.75, 3.05) is 12.5 Å². The lowest BCUT2D eigenvalue weighted by Crippen LogP contribution is -2.19. The molecule has 0 aromatic heterocycles. The number of carbonyl (C=O) groups excluding carboxylic acids is 2. The van der Waals surface area contributed by atoms with Gasteiger partial charge in [-0.15, -0.1) is 0 Å². The van der Waals surface area contributed by atoms with E-state index in [0.29, 0.717) is 27.5 Å². The van der Waals surface area contributed by atoms with Crippen LogP contribution in [-0.2, 0) is 42.3 Å². The third-order valence-electron chi connectivity index (χ3n) is 7.19. The molecule has 2 aliphatic rings. The molecule has 6 nitrogen and oxygen atoms in total. The maximum atomic E-state index is 12.2. The average Bonchev–Trinajstić information content (AvgIpc) is 2.95. The zero-order valence-electron chi connectivity index (χ0n) is 23.9. The van der Waals surface area contributed by atoms with Crippen molar-refractivity contribution in [2.24, 2.45) is 11.8 Å². The standard InChI is InChI=1S/C15H19ClO3S.C8H8BrClO2S.C7H11ClO.2CH4/c1-20(18,19)13-8-7-12(14(16)10-13)9-15(17)11-5-3-2-4-6-11;1-13(11)12-7-3-2-6(5-9)8(10)4-7;8-7(9)6-4-2-1-3-5-6;;/h7-8,10-11H,2-6,9H2,1H3;2-4H,5H2,1H3;6H,1-5H2;2*1H4. The molecular formula is C32H46BrCl3O6S2. The van der Waals surface area contributed by atoms with E-state index in [-0.39, 0.29) is 42.6 Å². The third-order valence-corrected chi connectivity index (χ3v) is 10.3. The van der Waals surface area contributed by atoms with Crippen LogP contribution in [0.15, 0.2) is 41.3 Å². The highest BCUT2D eigenvalue weighted by Gasteiger charge is 2.22. The summed E-state index contributed by atoms with van der Waals surface area (Å²) < 4.78 is 38.6. The van der Waals surface area contributed by atoms with Crippen molar-refractivity contribution in [2.45, 2.75) is 95.7 Å². The van der Waals surface area contributed by atoms with Crippen molar-refractivity contribution < 1.29 is 26.4 Å². The SMILES string of the molecule is C.C.CS(=O)(=O)c1ccc(CC(=O)C2CCCCC2)c(Cl)c1.CS(=O)Oc1ccc(CBr)c(Cl)c1.O=C(Cl)C1CCCCC1. The van der Waals surface area contributed by atoms with Crippen LogP contribution in [0.3, 0.4) is 0 Å². The number of rotatable bonds is 8. The van der Waals surface area contributed by atoms with Crippen molar-refractivity contribution in [3.05, 3.63) is 57.6 Å². The number of ketones is 1. The van der Waals surface area contributed by atoms with E-state index in [4.69, 9.17) is 39.0 Å². The predicted octanol–water partition coefficient (Wildman–Crippen LogP) is 9.95. The molecule has 250 valence electrons. The van der Waals surface area contributed by atoms with Crippen LogP contribution in [0.2, 0.25) is 10.0 Å². The van der Waals surface area contributed by atoms with E-state index in [0.717, 1.165) is 55.9 Å². The van der Waals surface area contributed by atoms with E-state index in [1.54, 1.807) is 18.2 Å². The highest BCUT2D eigenvalue weighted by molar-refractivity contribution is 9.08. The minimum Gasteiger partial charge on any atom is -0.401 e. The number of halogens is 4. The Bertz CT molecular complexity index is 1330. The van der Waals surface area contributed by atoms with Gasteiger partial charge in [0.1, 0.15) is 11.5 Å². The first-order valence-corrected chi connectivity index (χ1v) is 19.5. The zero-order valence-corrected chi connectivity index (χ0v) is 29.4. The summed E-state index contributed by atoms with van der Waals surface area (Å²) >= 11 is 19.3. The summed E-state index contributed by atoms with van der Waals surface area (Å²) in [5, 5.41) is 1.54. The molecule has 12 heteroatoms. The van der Waals surface area contributed by atoms with E-state index in [9.17, 15) is 22.2 Å². The van der Waals surface area contributed by atoms with E-state index >= 15 is 0 Å². The number of hydrogen-bond donors (Lipinski definition) is 0. The Morgan fingerprint density at radius 2 is 1.36 bits per heavy atom. The number of carbonyl (C=O) groups is 2. The minimum absolute atomic E-state index is 0. The van der Waals surface area contributed by atoms with Crippen LogP contribution in [-0.4, -0.2) is 36.2 Å². The number of Topliss-reactive ketones (excluding diaryl/α,β-unsaturated/α-hetero) is 1. The van der Waals surface area contributed by atoms with Gasteiger partial charge < -0.3 is 4.18 Å². The van der Waals surface area contributed by atoms with Gasteiger partial charge in [0.15, 0.2) is 9.84 Å². The molecule has 2 aromatic carbocycles. The molecule has 2 aromatic rings. The van der Waals surface area contributed by atoms with Gasteiger partial charge in [0.2, 0.25) is 16.3 Å². The highest BCUT2D eigenvalue weighted by atomic mass is 79.9. The Morgan fingerprint density at radius 3 is 1.77 bits per heavy atom. The molecule has 0 heterocycles. The summed E-state index contributed by atoms with van der Waals surface area (Å²) in [7, 11) is -3.26. The molecule has 0 bridgehead atoms. The Labute approximate surface area is 290 Å². The first-order valence-electron chi connectivity index (χ1n) is 13.9. The van der Waals surface area contributed by atoms with Gasteiger partial charge in [-0.25, -0.2) is 12.6 Å². The number of hydrogen-bond acceptors (Lipinski definition) is 6. The topological polar surface area (TPSA) is 94.6 Å². The molecule has 0 saturated heterocycles. The third kappa shape index (κ3) is 15.5. The van der Waals surface area contributed by atoms with Crippen molar-refractivity contribution in [1.29, 1.82) is 0 Å². The minimum atomic E-state index is -3.26.